The van der Waals surface area contributed by atoms with Gasteiger partial charge in [0.1, 0.15) is 11.1 Å². The Labute approximate surface area is 151 Å². The number of benzene rings is 1. The van der Waals surface area contributed by atoms with Crippen LogP contribution in [-0.4, -0.2) is 34.0 Å². The van der Waals surface area contributed by atoms with Crippen molar-refractivity contribution in [2.75, 3.05) is 13.1 Å². The summed E-state index contributed by atoms with van der Waals surface area (Å²) in [7, 11) is 0. The van der Waals surface area contributed by atoms with Crippen LogP contribution in [0.15, 0.2) is 63.9 Å². The fourth-order valence-corrected chi connectivity index (χ4v) is 2.86. The Morgan fingerprint density at radius 3 is 2.50 bits per heavy atom. The van der Waals surface area contributed by atoms with Gasteiger partial charge >= 0.3 is 5.63 Å². The SMILES string of the molecule is CCN(CC)N(Cc1ccccn1)C(=O)c1cc2ccccc2oc1=O. The van der Waals surface area contributed by atoms with Gasteiger partial charge in [-0.1, -0.05) is 38.1 Å². The first kappa shape index (κ1) is 17.8. The molecule has 1 amide bonds. The first-order valence-corrected chi connectivity index (χ1v) is 8.63. The lowest BCUT2D eigenvalue weighted by atomic mass is 10.1. The smallest absolute Gasteiger partial charge is 0.349 e. The second-order valence-corrected chi connectivity index (χ2v) is 5.81. The molecule has 2 aromatic heterocycles. The number of pyridine rings is 1. The van der Waals surface area contributed by atoms with Gasteiger partial charge in [-0.05, 0) is 24.3 Å². The van der Waals surface area contributed by atoms with Crippen LogP contribution in [0.2, 0.25) is 0 Å². The molecule has 0 radical (unpaired) electrons. The molecular formula is C20H21N3O3. The molecule has 0 aliphatic rings. The van der Waals surface area contributed by atoms with Crippen LogP contribution in [-0.2, 0) is 6.54 Å². The van der Waals surface area contributed by atoms with Gasteiger partial charge in [-0.15, -0.1) is 0 Å². The summed E-state index contributed by atoms with van der Waals surface area (Å²) < 4.78 is 5.32. The molecule has 6 heteroatoms. The molecule has 0 bridgehead atoms. The Balaban J connectivity index is 2.01. The van der Waals surface area contributed by atoms with Crippen LogP contribution in [0.25, 0.3) is 11.0 Å². The Bertz CT molecular complexity index is 949. The number of carbonyl (C=O) groups excluding carboxylic acids is 1. The maximum absolute atomic E-state index is 13.2. The molecule has 0 atom stereocenters. The summed E-state index contributed by atoms with van der Waals surface area (Å²) in [5.74, 6) is -0.390. The van der Waals surface area contributed by atoms with Crippen LogP contribution in [0.3, 0.4) is 0 Å². The predicted molar refractivity (Wildman–Crippen MR) is 99.5 cm³/mol. The van der Waals surface area contributed by atoms with Gasteiger partial charge in [0.25, 0.3) is 5.91 Å². The Hall–Kier alpha value is -2.99. The van der Waals surface area contributed by atoms with E-state index in [1.807, 2.05) is 49.2 Å². The highest BCUT2D eigenvalue weighted by atomic mass is 16.4. The van der Waals surface area contributed by atoms with Gasteiger partial charge in [0.05, 0.1) is 12.2 Å². The highest BCUT2D eigenvalue weighted by Gasteiger charge is 2.25. The molecule has 3 aromatic rings. The molecule has 3 rings (SSSR count). The number of fused-ring (bicyclic) bond motifs is 1. The number of hydrazine groups is 1. The maximum atomic E-state index is 13.2. The van der Waals surface area contributed by atoms with E-state index in [1.165, 1.54) is 0 Å². The summed E-state index contributed by atoms with van der Waals surface area (Å²) in [6.07, 6.45) is 1.69. The molecule has 0 aliphatic heterocycles. The first-order valence-electron chi connectivity index (χ1n) is 8.63. The number of hydrogen-bond donors (Lipinski definition) is 0. The van der Waals surface area contributed by atoms with Crippen LogP contribution in [0.4, 0.5) is 0 Å². The second-order valence-electron chi connectivity index (χ2n) is 5.81. The van der Waals surface area contributed by atoms with Crippen molar-refractivity contribution < 1.29 is 9.21 Å². The van der Waals surface area contributed by atoms with Gasteiger partial charge in [-0.3, -0.25) is 14.8 Å². The van der Waals surface area contributed by atoms with Crippen molar-refractivity contribution in [1.82, 2.24) is 15.0 Å². The summed E-state index contributed by atoms with van der Waals surface area (Å²) in [6, 6.07) is 14.3. The largest absolute Gasteiger partial charge is 0.422 e. The third-order valence-electron chi connectivity index (χ3n) is 4.22. The van der Waals surface area contributed by atoms with E-state index in [2.05, 4.69) is 4.98 Å². The van der Waals surface area contributed by atoms with Crippen molar-refractivity contribution in [2.45, 2.75) is 20.4 Å². The maximum Gasteiger partial charge on any atom is 0.349 e. The molecule has 0 N–H and O–H groups in total. The summed E-state index contributed by atoms with van der Waals surface area (Å²) in [5.41, 5.74) is 0.601. The average molecular weight is 351 g/mol. The van der Waals surface area contributed by atoms with Crippen LogP contribution in [0.1, 0.15) is 29.9 Å². The van der Waals surface area contributed by atoms with E-state index in [4.69, 9.17) is 4.42 Å². The lowest BCUT2D eigenvalue weighted by Crippen LogP contribution is -2.47. The zero-order valence-electron chi connectivity index (χ0n) is 14.9. The number of rotatable bonds is 6. The van der Waals surface area contributed by atoms with E-state index in [1.54, 1.807) is 29.4 Å². The summed E-state index contributed by atoms with van der Waals surface area (Å²) in [5, 5.41) is 4.16. The molecule has 1 aromatic carbocycles. The van der Waals surface area contributed by atoms with E-state index in [-0.39, 0.29) is 18.0 Å². The molecule has 2 heterocycles. The highest BCUT2D eigenvalue weighted by molar-refractivity contribution is 5.96. The van der Waals surface area contributed by atoms with Crippen LogP contribution >= 0.6 is 0 Å². The van der Waals surface area contributed by atoms with E-state index in [9.17, 15) is 9.59 Å². The summed E-state index contributed by atoms with van der Waals surface area (Å²) >= 11 is 0. The minimum absolute atomic E-state index is 0.0199. The second kappa shape index (κ2) is 7.93. The predicted octanol–water partition coefficient (Wildman–Crippen LogP) is 3.09. The van der Waals surface area contributed by atoms with Crippen LogP contribution in [0, 0.1) is 0 Å². The van der Waals surface area contributed by atoms with Crippen LogP contribution < -0.4 is 5.63 Å². The Kier molecular flexibility index (Phi) is 5.43. The molecule has 0 fully saturated rings. The molecule has 134 valence electrons. The highest BCUT2D eigenvalue weighted by Crippen LogP contribution is 2.16. The van der Waals surface area contributed by atoms with E-state index < -0.39 is 5.63 Å². The van der Waals surface area contributed by atoms with Crippen molar-refractivity contribution in [3.05, 3.63) is 76.4 Å². The molecule has 0 saturated heterocycles. The summed E-state index contributed by atoms with van der Waals surface area (Å²) in [6.45, 7) is 5.48. The summed E-state index contributed by atoms with van der Waals surface area (Å²) in [4.78, 5) is 29.8. The number of carbonyl (C=O) groups is 1. The van der Waals surface area contributed by atoms with Crippen molar-refractivity contribution in [2.24, 2.45) is 0 Å². The lowest BCUT2D eigenvalue weighted by molar-refractivity contribution is -0.0106. The van der Waals surface area contributed by atoms with Gasteiger partial charge in [-0.25, -0.2) is 9.80 Å². The van der Waals surface area contributed by atoms with Gasteiger partial charge in [-0.2, -0.15) is 0 Å². The average Bonchev–Trinajstić information content (AvgIpc) is 2.68. The molecule has 26 heavy (non-hydrogen) atoms. The van der Waals surface area contributed by atoms with Gasteiger partial charge in [0.15, 0.2) is 0 Å². The van der Waals surface area contributed by atoms with Gasteiger partial charge in [0.2, 0.25) is 0 Å². The minimum Gasteiger partial charge on any atom is -0.422 e. The van der Waals surface area contributed by atoms with Crippen LogP contribution in [0.5, 0.6) is 0 Å². The fraction of sp³-hybridized carbons (Fsp3) is 0.250. The number of amides is 1. The standard InChI is InChI=1S/C20H21N3O3/c1-3-22(4-2)23(14-16-10-7-8-12-21-16)19(24)17-13-15-9-5-6-11-18(15)26-20(17)25/h5-13H,3-4,14H2,1-2H3. The zero-order valence-corrected chi connectivity index (χ0v) is 14.9. The van der Waals surface area contributed by atoms with Crippen molar-refractivity contribution in [3.63, 3.8) is 0 Å². The number of aromatic nitrogens is 1. The first-order chi connectivity index (χ1) is 12.6. The molecule has 0 unspecified atom stereocenters. The van der Waals surface area contributed by atoms with Crippen molar-refractivity contribution >= 4 is 16.9 Å². The third-order valence-corrected chi connectivity index (χ3v) is 4.22. The van der Waals surface area contributed by atoms with E-state index in [0.717, 1.165) is 5.69 Å². The molecule has 0 aliphatic carbocycles. The minimum atomic E-state index is -0.633. The monoisotopic (exact) mass is 351 g/mol. The normalized spacial score (nSPS) is 11.0. The Morgan fingerprint density at radius 1 is 1.08 bits per heavy atom. The van der Waals surface area contributed by atoms with Crippen molar-refractivity contribution in [1.29, 1.82) is 0 Å². The lowest BCUT2D eigenvalue weighted by Gasteiger charge is -2.33. The van der Waals surface area contributed by atoms with Gasteiger partial charge in [0, 0.05) is 24.7 Å². The quantitative estimate of drug-likeness (QED) is 0.504. The van der Waals surface area contributed by atoms with E-state index >= 15 is 0 Å². The fourth-order valence-electron chi connectivity index (χ4n) is 2.86. The molecule has 0 saturated carbocycles. The number of para-hydroxylation sites is 1. The third kappa shape index (κ3) is 3.65. The zero-order chi connectivity index (χ0) is 18.5. The molecular weight excluding hydrogens is 330 g/mol. The number of nitrogens with zero attached hydrogens (tertiary/aromatic N) is 3. The van der Waals surface area contributed by atoms with Crippen molar-refractivity contribution in [3.8, 4) is 0 Å². The molecule has 6 nitrogen and oxygen atoms in total. The Morgan fingerprint density at radius 2 is 1.81 bits per heavy atom. The van der Waals surface area contributed by atoms with E-state index in [0.29, 0.717) is 24.1 Å². The topological polar surface area (TPSA) is 66.7 Å². The van der Waals surface area contributed by atoms with Gasteiger partial charge < -0.3 is 4.42 Å². The molecule has 0 spiro atoms. The number of hydrogen-bond acceptors (Lipinski definition) is 5.